The van der Waals surface area contributed by atoms with Crippen LogP contribution in [0.3, 0.4) is 0 Å². The normalized spacial score (nSPS) is 14.6. The molecule has 25 heavy (non-hydrogen) atoms. The van der Waals surface area contributed by atoms with Crippen molar-refractivity contribution in [1.29, 1.82) is 5.26 Å². The molecule has 1 N–H and O–H groups in total. The van der Waals surface area contributed by atoms with Crippen LogP contribution in [0.4, 0.5) is 0 Å². The van der Waals surface area contributed by atoms with Crippen LogP contribution in [0.1, 0.15) is 31.2 Å². The molecule has 2 rings (SSSR count). The van der Waals surface area contributed by atoms with Crippen molar-refractivity contribution in [2.45, 2.75) is 32.1 Å². The molecule has 0 saturated carbocycles. The Bertz CT molecular complexity index is 592. The van der Waals surface area contributed by atoms with Crippen LogP contribution < -0.4 is 14.8 Å². The van der Waals surface area contributed by atoms with E-state index in [1.165, 1.54) is 19.3 Å². The van der Waals surface area contributed by atoms with Gasteiger partial charge in [-0.15, -0.1) is 0 Å². The number of rotatable bonds is 9. The van der Waals surface area contributed by atoms with Gasteiger partial charge in [-0.25, -0.2) is 0 Å². The summed E-state index contributed by atoms with van der Waals surface area (Å²) in [6.45, 7) is 4.38. The van der Waals surface area contributed by atoms with Crippen LogP contribution in [0.2, 0.25) is 0 Å². The summed E-state index contributed by atoms with van der Waals surface area (Å²) in [5, 5.41) is 11.2. The molecule has 0 bridgehead atoms. The summed E-state index contributed by atoms with van der Waals surface area (Å²) in [6, 6.07) is 7.66. The molecule has 1 saturated heterocycles. The van der Waals surface area contributed by atoms with Crippen molar-refractivity contribution in [3.8, 4) is 17.6 Å². The first-order valence-electron chi connectivity index (χ1n) is 8.88. The number of likely N-dealkylation sites (tertiary alicyclic amines) is 1. The number of carbonyl (C=O) groups is 1. The zero-order valence-corrected chi connectivity index (χ0v) is 14.9. The summed E-state index contributed by atoms with van der Waals surface area (Å²) in [5.41, 5.74) is 1.06. The average Bonchev–Trinajstić information content (AvgIpc) is 2.63. The molecule has 1 fully saturated rings. The van der Waals surface area contributed by atoms with E-state index in [1.54, 1.807) is 7.11 Å². The Morgan fingerprint density at radius 3 is 2.80 bits per heavy atom. The van der Waals surface area contributed by atoms with Gasteiger partial charge in [0.15, 0.2) is 11.5 Å². The zero-order chi connectivity index (χ0) is 17.9. The maximum absolute atomic E-state index is 11.3. The molecule has 6 nitrogen and oxygen atoms in total. The number of ether oxygens (including phenoxy) is 2. The third kappa shape index (κ3) is 6.63. The maximum Gasteiger partial charge on any atom is 0.234 e. The summed E-state index contributed by atoms with van der Waals surface area (Å²) in [7, 11) is 1.63. The highest BCUT2D eigenvalue weighted by molar-refractivity contribution is 5.77. The minimum atomic E-state index is -0.242. The molecule has 1 aliphatic rings. The van der Waals surface area contributed by atoms with E-state index in [1.807, 2.05) is 24.3 Å². The van der Waals surface area contributed by atoms with Gasteiger partial charge in [-0.2, -0.15) is 5.26 Å². The van der Waals surface area contributed by atoms with E-state index < -0.39 is 0 Å². The second-order valence-electron chi connectivity index (χ2n) is 6.17. The molecule has 1 aliphatic heterocycles. The van der Waals surface area contributed by atoms with Gasteiger partial charge < -0.3 is 14.8 Å². The first-order valence-corrected chi connectivity index (χ1v) is 8.88. The van der Waals surface area contributed by atoms with Crippen LogP contribution in [0.5, 0.6) is 11.5 Å². The van der Waals surface area contributed by atoms with Gasteiger partial charge >= 0.3 is 0 Å². The molecule has 0 radical (unpaired) electrons. The fraction of sp³-hybridized carbons (Fsp3) is 0.579. The highest BCUT2D eigenvalue weighted by Crippen LogP contribution is 2.28. The largest absolute Gasteiger partial charge is 0.493 e. The van der Waals surface area contributed by atoms with Crippen molar-refractivity contribution in [1.82, 2.24) is 10.2 Å². The minimum absolute atomic E-state index is 0.104. The van der Waals surface area contributed by atoms with E-state index in [-0.39, 0.29) is 12.3 Å². The third-order valence-electron chi connectivity index (χ3n) is 4.32. The van der Waals surface area contributed by atoms with Gasteiger partial charge in [-0.1, -0.05) is 12.5 Å². The van der Waals surface area contributed by atoms with Gasteiger partial charge in [0.1, 0.15) is 13.0 Å². The second kappa shape index (κ2) is 10.6. The first-order chi connectivity index (χ1) is 12.2. The predicted molar refractivity (Wildman–Crippen MR) is 95.7 cm³/mol. The van der Waals surface area contributed by atoms with Gasteiger partial charge in [0.2, 0.25) is 5.91 Å². The first kappa shape index (κ1) is 19.1. The van der Waals surface area contributed by atoms with Crippen LogP contribution in [0.25, 0.3) is 0 Å². The fourth-order valence-electron chi connectivity index (χ4n) is 2.94. The van der Waals surface area contributed by atoms with E-state index >= 15 is 0 Å². The second-order valence-corrected chi connectivity index (χ2v) is 6.17. The van der Waals surface area contributed by atoms with Crippen LogP contribution >= 0.6 is 0 Å². The number of hydrogen-bond donors (Lipinski definition) is 1. The summed E-state index contributed by atoms with van der Waals surface area (Å²) in [5.74, 6) is 1.21. The Morgan fingerprint density at radius 1 is 1.28 bits per heavy atom. The predicted octanol–water partition coefficient (Wildman–Crippen LogP) is 2.13. The monoisotopic (exact) mass is 345 g/mol. The van der Waals surface area contributed by atoms with Crippen LogP contribution in [0.15, 0.2) is 18.2 Å². The Kier molecular flexibility index (Phi) is 8.06. The molecule has 0 spiro atoms. The lowest BCUT2D eigenvalue weighted by Crippen LogP contribution is -2.33. The summed E-state index contributed by atoms with van der Waals surface area (Å²) in [6.07, 6.45) is 4.46. The molecule has 136 valence electrons. The van der Waals surface area contributed by atoms with Crippen molar-refractivity contribution in [2.24, 2.45) is 0 Å². The average molecular weight is 345 g/mol. The van der Waals surface area contributed by atoms with Gasteiger partial charge in [-0.05, 0) is 50.0 Å². The van der Waals surface area contributed by atoms with Crippen molar-refractivity contribution in [2.75, 3.05) is 39.9 Å². The molecular formula is C19H27N3O3. The molecule has 6 heteroatoms. The molecule has 0 unspecified atom stereocenters. The van der Waals surface area contributed by atoms with Gasteiger partial charge in [0.05, 0.1) is 13.2 Å². The van der Waals surface area contributed by atoms with Crippen molar-refractivity contribution < 1.29 is 14.3 Å². The van der Waals surface area contributed by atoms with E-state index in [0.29, 0.717) is 19.6 Å². The molecule has 1 heterocycles. The number of amides is 1. The number of hydrogen-bond acceptors (Lipinski definition) is 5. The zero-order valence-electron chi connectivity index (χ0n) is 14.9. The number of nitriles is 1. The molecule has 0 atom stereocenters. The van der Waals surface area contributed by atoms with E-state index in [0.717, 1.165) is 36.7 Å². The SMILES string of the molecule is COc1ccc(CCNC(=O)CC#N)cc1OCCN1CCCCC1. The van der Waals surface area contributed by atoms with Crippen molar-refractivity contribution in [3.05, 3.63) is 23.8 Å². The number of nitrogens with one attached hydrogen (secondary N) is 1. The van der Waals surface area contributed by atoms with Crippen molar-refractivity contribution >= 4 is 5.91 Å². The maximum atomic E-state index is 11.3. The van der Waals surface area contributed by atoms with Crippen LogP contribution in [-0.2, 0) is 11.2 Å². The third-order valence-corrected chi connectivity index (χ3v) is 4.32. The Labute approximate surface area is 149 Å². The quantitative estimate of drug-likeness (QED) is 0.742. The lowest BCUT2D eigenvalue weighted by molar-refractivity contribution is -0.120. The number of carbonyl (C=O) groups excluding carboxylic acids is 1. The molecule has 1 aromatic rings. The lowest BCUT2D eigenvalue weighted by atomic mass is 10.1. The summed E-state index contributed by atoms with van der Waals surface area (Å²) >= 11 is 0. The highest BCUT2D eigenvalue weighted by Gasteiger charge is 2.11. The minimum Gasteiger partial charge on any atom is -0.493 e. The van der Waals surface area contributed by atoms with Gasteiger partial charge in [0, 0.05) is 13.1 Å². The van der Waals surface area contributed by atoms with Gasteiger partial charge in [0.25, 0.3) is 0 Å². The highest BCUT2D eigenvalue weighted by atomic mass is 16.5. The Balaban J connectivity index is 1.83. The number of nitrogens with zero attached hydrogens (tertiary/aromatic N) is 2. The molecule has 0 aliphatic carbocycles. The van der Waals surface area contributed by atoms with Crippen molar-refractivity contribution in [3.63, 3.8) is 0 Å². The topological polar surface area (TPSA) is 74.6 Å². The van der Waals surface area contributed by atoms with E-state index in [2.05, 4.69) is 10.2 Å². The van der Waals surface area contributed by atoms with Crippen LogP contribution in [-0.4, -0.2) is 50.7 Å². The molecule has 0 aromatic heterocycles. The number of methoxy groups -OCH3 is 1. The standard InChI is InChI=1S/C19H27N3O3/c1-24-17-6-5-16(8-10-21-19(23)7-9-20)15-18(17)25-14-13-22-11-3-2-4-12-22/h5-6,15H,2-4,7-8,10-14H2,1H3,(H,21,23). The molecule has 1 aromatic carbocycles. The molecule has 1 amide bonds. The Morgan fingerprint density at radius 2 is 2.08 bits per heavy atom. The summed E-state index contributed by atoms with van der Waals surface area (Å²) in [4.78, 5) is 13.7. The van der Waals surface area contributed by atoms with Gasteiger partial charge in [-0.3, -0.25) is 9.69 Å². The van der Waals surface area contributed by atoms with E-state index in [4.69, 9.17) is 14.7 Å². The Hall–Kier alpha value is -2.26. The van der Waals surface area contributed by atoms with E-state index in [9.17, 15) is 4.79 Å². The summed E-state index contributed by atoms with van der Waals surface area (Å²) < 4.78 is 11.3. The molecular weight excluding hydrogens is 318 g/mol. The fourth-order valence-corrected chi connectivity index (χ4v) is 2.94. The smallest absolute Gasteiger partial charge is 0.234 e. The van der Waals surface area contributed by atoms with Crippen LogP contribution in [0, 0.1) is 11.3 Å². The lowest BCUT2D eigenvalue weighted by Gasteiger charge is -2.26. The number of benzene rings is 1. The number of piperidine rings is 1.